The number of hydrogen-bond donors (Lipinski definition) is 1. The Morgan fingerprint density at radius 3 is 2.13 bits per heavy atom. The van der Waals surface area contributed by atoms with E-state index in [1.807, 2.05) is 12.1 Å². The van der Waals surface area contributed by atoms with Crippen molar-refractivity contribution < 1.29 is 4.92 Å². The highest BCUT2D eigenvalue weighted by molar-refractivity contribution is 5.51. The van der Waals surface area contributed by atoms with E-state index in [0.717, 1.165) is 5.69 Å². The minimum absolute atomic E-state index is 0.0140. The van der Waals surface area contributed by atoms with Crippen molar-refractivity contribution in [3.8, 4) is 0 Å². The molecule has 2 rings (SSSR count). The van der Waals surface area contributed by atoms with Crippen LogP contribution >= 0.6 is 0 Å². The smallest absolute Gasteiger partial charge is 0.269 e. The average molecular weight is 311 g/mol. The van der Waals surface area contributed by atoms with Crippen LogP contribution in [0, 0.1) is 10.1 Å². The molecule has 0 aliphatic carbocycles. The molecule has 0 aliphatic heterocycles. The molecule has 0 bridgehead atoms. The summed E-state index contributed by atoms with van der Waals surface area (Å²) < 4.78 is 0. The highest BCUT2D eigenvalue weighted by atomic mass is 16.6. The summed E-state index contributed by atoms with van der Waals surface area (Å²) in [5, 5.41) is 25.2. The van der Waals surface area contributed by atoms with Gasteiger partial charge in [0.25, 0.3) is 5.69 Å². The molecule has 9 heteroatoms. The van der Waals surface area contributed by atoms with Crippen LogP contribution < -0.4 is 5.32 Å². The molecule has 9 nitrogen and oxygen atoms in total. The van der Waals surface area contributed by atoms with Crippen molar-refractivity contribution in [3.63, 3.8) is 0 Å². The van der Waals surface area contributed by atoms with Gasteiger partial charge in [-0.15, -0.1) is 0 Å². The SMILES string of the molecule is [N-]=[N+]=NCCNc1ccc(N=Nc2ccc([N+](=O)[O-])cc2)cc1. The number of nitrogens with one attached hydrogen (secondary N) is 1. The number of nitrogens with zero attached hydrogens (tertiary/aromatic N) is 6. The van der Waals surface area contributed by atoms with Crippen LogP contribution in [0.4, 0.5) is 22.7 Å². The number of hydrogen-bond acceptors (Lipinski definition) is 6. The number of non-ortho nitro benzene ring substituents is 1. The molecule has 116 valence electrons. The van der Waals surface area contributed by atoms with Crippen molar-refractivity contribution in [3.05, 3.63) is 69.1 Å². The molecule has 0 fully saturated rings. The van der Waals surface area contributed by atoms with Gasteiger partial charge in [-0.1, -0.05) is 5.11 Å². The average Bonchev–Trinajstić information content (AvgIpc) is 2.58. The number of nitro groups is 1. The van der Waals surface area contributed by atoms with Crippen LogP contribution in [0.1, 0.15) is 0 Å². The van der Waals surface area contributed by atoms with Gasteiger partial charge in [-0.2, -0.15) is 10.2 Å². The fourth-order valence-corrected chi connectivity index (χ4v) is 1.70. The minimum Gasteiger partial charge on any atom is -0.385 e. The maximum atomic E-state index is 10.6. The predicted octanol–water partition coefficient (Wildman–Crippen LogP) is 4.73. The Morgan fingerprint density at radius 1 is 1.04 bits per heavy atom. The Bertz CT molecular complexity index is 735. The van der Waals surface area contributed by atoms with Crippen LogP contribution in [0.15, 0.2) is 63.9 Å². The highest BCUT2D eigenvalue weighted by Gasteiger charge is 2.03. The Kier molecular flexibility index (Phi) is 5.61. The van der Waals surface area contributed by atoms with E-state index in [0.29, 0.717) is 24.5 Å². The fraction of sp³-hybridized carbons (Fsp3) is 0.143. The first-order chi connectivity index (χ1) is 11.2. The number of benzene rings is 2. The minimum atomic E-state index is -0.464. The maximum Gasteiger partial charge on any atom is 0.269 e. The molecule has 0 heterocycles. The van der Waals surface area contributed by atoms with Gasteiger partial charge in [-0.05, 0) is 41.9 Å². The van der Waals surface area contributed by atoms with Gasteiger partial charge in [0.2, 0.25) is 0 Å². The van der Waals surface area contributed by atoms with Crippen LogP contribution in [-0.2, 0) is 0 Å². The van der Waals surface area contributed by atoms with E-state index in [4.69, 9.17) is 5.53 Å². The second kappa shape index (κ2) is 8.11. The van der Waals surface area contributed by atoms with Crippen molar-refractivity contribution >= 4 is 22.7 Å². The van der Waals surface area contributed by atoms with E-state index in [9.17, 15) is 10.1 Å². The van der Waals surface area contributed by atoms with Gasteiger partial charge in [0.05, 0.1) is 16.3 Å². The Morgan fingerprint density at radius 2 is 1.61 bits per heavy atom. The number of nitro benzene ring substituents is 1. The molecule has 0 aromatic heterocycles. The first kappa shape index (κ1) is 15.9. The van der Waals surface area contributed by atoms with Crippen LogP contribution in [0.2, 0.25) is 0 Å². The normalized spacial score (nSPS) is 10.3. The summed E-state index contributed by atoms with van der Waals surface area (Å²) in [5.74, 6) is 0. The molecule has 0 saturated heterocycles. The molecule has 0 aliphatic rings. The fourth-order valence-electron chi connectivity index (χ4n) is 1.70. The van der Waals surface area contributed by atoms with Gasteiger partial charge in [0.1, 0.15) is 0 Å². The van der Waals surface area contributed by atoms with Crippen LogP contribution in [-0.4, -0.2) is 18.0 Å². The van der Waals surface area contributed by atoms with E-state index in [2.05, 4.69) is 25.6 Å². The summed E-state index contributed by atoms with van der Waals surface area (Å²) in [6.07, 6.45) is 0. The first-order valence-corrected chi connectivity index (χ1v) is 6.70. The van der Waals surface area contributed by atoms with Crippen LogP contribution in [0.5, 0.6) is 0 Å². The number of rotatable bonds is 7. The van der Waals surface area contributed by atoms with Gasteiger partial charge in [-0.25, -0.2) is 0 Å². The van der Waals surface area contributed by atoms with Gasteiger partial charge in [-0.3, -0.25) is 10.1 Å². The van der Waals surface area contributed by atoms with Gasteiger partial charge < -0.3 is 5.32 Å². The summed E-state index contributed by atoms with van der Waals surface area (Å²) in [6.45, 7) is 0.922. The van der Waals surface area contributed by atoms with Crippen molar-refractivity contribution in [1.82, 2.24) is 0 Å². The zero-order valence-corrected chi connectivity index (χ0v) is 12.0. The van der Waals surface area contributed by atoms with E-state index in [1.165, 1.54) is 24.3 Å². The van der Waals surface area contributed by atoms with E-state index in [-0.39, 0.29) is 5.69 Å². The van der Waals surface area contributed by atoms with Crippen molar-refractivity contribution in [2.45, 2.75) is 0 Å². The zero-order chi connectivity index (χ0) is 16.5. The van der Waals surface area contributed by atoms with Crippen molar-refractivity contribution in [2.75, 3.05) is 18.4 Å². The molecule has 0 saturated carbocycles. The third-order valence-corrected chi connectivity index (χ3v) is 2.81. The summed E-state index contributed by atoms with van der Waals surface area (Å²) in [6, 6.07) is 13.1. The Hall–Kier alpha value is -3.45. The van der Waals surface area contributed by atoms with Gasteiger partial charge in [0.15, 0.2) is 0 Å². The summed E-state index contributed by atoms with van der Waals surface area (Å²) in [5.41, 5.74) is 10.3. The van der Waals surface area contributed by atoms with Gasteiger partial charge in [0, 0.05) is 35.8 Å². The molecule has 0 atom stereocenters. The predicted molar refractivity (Wildman–Crippen MR) is 86.2 cm³/mol. The molecule has 1 N–H and O–H groups in total. The van der Waals surface area contributed by atoms with E-state index < -0.39 is 4.92 Å². The first-order valence-electron chi connectivity index (χ1n) is 6.70. The van der Waals surface area contributed by atoms with E-state index >= 15 is 0 Å². The summed E-state index contributed by atoms with van der Waals surface area (Å²) in [4.78, 5) is 12.8. The lowest BCUT2D eigenvalue weighted by molar-refractivity contribution is -0.384. The third kappa shape index (κ3) is 5.10. The lowest BCUT2D eigenvalue weighted by Crippen LogP contribution is -2.03. The molecular weight excluding hydrogens is 298 g/mol. The molecule has 0 amide bonds. The van der Waals surface area contributed by atoms with E-state index in [1.54, 1.807) is 12.1 Å². The van der Waals surface area contributed by atoms with Crippen molar-refractivity contribution in [2.24, 2.45) is 15.3 Å². The standard InChI is InChI=1S/C14H13N7O2/c15-20-17-10-9-16-11-1-3-12(4-2-11)18-19-13-5-7-14(8-6-13)21(22)23/h1-8,16H,9-10H2. The van der Waals surface area contributed by atoms with Gasteiger partial charge >= 0.3 is 0 Å². The number of anilines is 1. The third-order valence-electron chi connectivity index (χ3n) is 2.81. The summed E-state index contributed by atoms with van der Waals surface area (Å²) >= 11 is 0. The second-order valence-electron chi connectivity index (χ2n) is 4.40. The molecule has 0 radical (unpaired) electrons. The van der Waals surface area contributed by atoms with Crippen LogP contribution in [0.3, 0.4) is 0 Å². The monoisotopic (exact) mass is 311 g/mol. The molecule has 23 heavy (non-hydrogen) atoms. The lowest BCUT2D eigenvalue weighted by Gasteiger charge is -2.03. The van der Waals surface area contributed by atoms with Crippen molar-refractivity contribution in [1.29, 1.82) is 0 Å². The molecular formula is C14H13N7O2. The number of azo groups is 1. The maximum absolute atomic E-state index is 10.6. The number of azide groups is 1. The lowest BCUT2D eigenvalue weighted by atomic mass is 10.3. The molecule has 0 spiro atoms. The Labute approximate surface area is 131 Å². The molecule has 2 aromatic rings. The quantitative estimate of drug-likeness (QED) is 0.198. The summed E-state index contributed by atoms with van der Waals surface area (Å²) in [7, 11) is 0. The largest absolute Gasteiger partial charge is 0.385 e. The highest BCUT2D eigenvalue weighted by Crippen LogP contribution is 2.22. The van der Waals surface area contributed by atoms with Crippen LogP contribution in [0.25, 0.3) is 10.4 Å². The second-order valence-corrected chi connectivity index (χ2v) is 4.40. The topological polar surface area (TPSA) is 129 Å². The molecule has 2 aromatic carbocycles. The Balaban J connectivity index is 1.94. The molecule has 0 unspecified atom stereocenters. The zero-order valence-electron chi connectivity index (χ0n) is 12.0.